The lowest BCUT2D eigenvalue weighted by Crippen LogP contribution is -2.46. The van der Waals surface area contributed by atoms with Crippen LogP contribution < -0.4 is 9.64 Å². The van der Waals surface area contributed by atoms with Crippen LogP contribution in [0.1, 0.15) is 20.3 Å². The van der Waals surface area contributed by atoms with Crippen molar-refractivity contribution in [3.8, 4) is 5.88 Å². The molecule has 1 saturated heterocycles. The Labute approximate surface area is 181 Å². The number of para-hydroxylation sites is 1. The van der Waals surface area contributed by atoms with E-state index in [0.717, 1.165) is 55.1 Å². The Balaban J connectivity index is 0.000000366. The summed E-state index contributed by atoms with van der Waals surface area (Å²) >= 11 is 0. The van der Waals surface area contributed by atoms with Gasteiger partial charge in [-0.1, -0.05) is 25.6 Å². The van der Waals surface area contributed by atoms with E-state index in [1.165, 1.54) is 0 Å². The van der Waals surface area contributed by atoms with Gasteiger partial charge in [0.15, 0.2) is 0 Å². The van der Waals surface area contributed by atoms with Crippen molar-refractivity contribution in [1.29, 1.82) is 0 Å². The van der Waals surface area contributed by atoms with E-state index in [1.54, 1.807) is 0 Å². The van der Waals surface area contributed by atoms with Crippen molar-refractivity contribution in [1.82, 2.24) is 14.9 Å². The Morgan fingerprint density at radius 2 is 1.71 bits per heavy atom. The highest BCUT2D eigenvalue weighted by Crippen LogP contribution is 2.26. The standard InChI is InChI=1S/C18H24N4O.C4H4O4/c1-4-13-23-17-15-7-5-6-8-16(15)19-18(20-17)22-11-9-21(10-12-22)14(2)3;5-3(6)1-2-4(7)8/h5-8H,2,4,9-13H2,1,3H3;1-2H,(H,5,6)(H,7,8). The Bertz CT molecular complexity index is 936. The summed E-state index contributed by atoms with van der Waals surface area (Å²) in [5.41, 5.74) is 2.06. The lowest BCUT2D eigenvalue weighted by molar-refractivity contribution is -0.134. The highest BCUT2D eigenvalue weighted by Gasteiger charge is 2.20. The molecule has 1 fully saturated rings. The van der Waals surface area contributed by atoms with Crippen LogP contribution in [0.3, 0.4) is 0 Å². The molecule has 1 aliphatic rings. The normalized spacial score (nSPS) is 13.6. The number of fused-ring (bicyclic) bond motifs is 1. The SMILES string of the molecule is C=C(C)N1CCN(c2nc(OCCC)c3ccccc3n2)CC1.O=C(O)C=CC(=O)O. The van der Waals surface area contributed by atoms with Crippen LogP contribution in [0.2, 0.25) is 0 Å². The topological polar surface area (TPSA) is 116 Å². The number of ether oxygens (including phenoxy) is 1. The van der Waals surface area contributed by atoms with Gasteiger partial charge in [-0.05, 0) is 25.5 Å². The van der Waals surface area contributed by atoms with Gasteiger partial charge < -0.3 is 24.7 Å². The lowest BCUT2D eigenvalue weighted by atomic mass is 10.2. The molecule has 31 heavy (non-hydrogen) atoms. The van der Waals surface area contributed by atoms with Crippen LogP contribution in [0.4, 0.5) is 5.95 Å². The number of carbonyl (C=O) groups is 2. The largest absolute Gasteiger partial charge is 0.478 e. The van der Waals surface area contributed by atoms with Crippen LogP contribution in [0, 0.1) is 0 Å². The molecule has 0 amide bonds. The molecule has 0 bridgehead atoms. The van der Waals surface area contributed by atoms with Gasteiger partial charge in [0, 0.05) is 44.0 Å². The van der Waals surface area contributed by atoms with E-state index in [2.05, 4.69) is 35.2 Å². The van der Waals surface area contributed by atoms with Crippen LogP contribution >= 0.6 is 0 Å². The molecule has 0 atom stereocenters. The molecule has 0 unspecified atom stereocenters. The minimum Gasteiger partial charge on any atom is -0.478 e. The number of carboxylic acid groups (broad SMARTS) is 2. The van der Waals surface area contributed by atoms with E-state index in [0.29, 0.717) is 24.6 Å². The molecule has 2 aromatic rings. The first-order chi connectivity index (χ1) is 14.8. The van der Waals surface area contributed by atoms with Crippen molar-refractivity contribution in [2.24, 2.45) is 0 Å². The molecule has 1 aromatic carbocycles. The summed E-state index contributed by atoms with van der Waals surface area (Å²) in [6.45, 7) is 12.6. The van der Waals surface area contributed by atoms with Gasteiger partial charge in [0.2, 0.25) is 11.8 Å². The summed E-state index contributed by atoms with van der Waals surface area (Å²) in [4.78, 5) is 33.0. The Morgan fingerprint density at radius 1 is 1.10 bits per heavy atom. The molecule has 0 aliphatic carbocycles. The number of piperazine rings is 1. The van der Waals surface area contributed by atoms with Crippen LogP contribution in [0.15, 0.2) is 48.7 Å². The fourth-order valence-corrected chi connectivity index (χ4v) is 2.92. The fraction of sp³-hybridized carbons (Fsp3) is 0.364. The van der Waals surface area contributed by atoms with Gasteiger partial charge in [-0.3, -0.25) is 0 Å². The number of anilines is 1. The van der Waals surface area contributed by atoms with Crippen LogP contribution in [0.5, 0.6) is 5.88 Å². The molecule has 9 nitrogen and oxygen atoms in total. The molecule has 1 aromatic heterocycles. The van der Waals surface area contributed by atoms with E-state index in [1.807, 2.05) is 24.3 Å². The zero-order valence-electron chi connectivity index (χ0n) is 17.8. The molecule has 2 N–H and O–H groups in total. The summed E-state index contributed by atoms with van der Waals surface area (Å²) in [6.07, 6.45) is 2.08. The first kappa shape index (κ1) is 23.7. The van der Waals surface area contributed by atoms with Crippen molar-refractivity contribution < 1.29 is 24.5 Å². The van der Waals surface area contributed by atoms with Crippen LogP contribution in [-0.4, -0.2) is 69.8 Å². The molecule has 1 aliphatic heterocycles. The molecular weight excluding hydrogens is 400 g/mol. The van der Waals surface area contributed by atoms with E-state index in [4.69, 9.17) is 19.9 Å². The molecular formula is C22H28N4O5. The third kappa shape index (κ3) is 7.29. The average Bonchev–Trinajstić information content (AvgIpc) is 2.76. The molecule has 0 saturated carbocycles. The lowest BCUT2D eigenvalue weighted by Gasteiger charge is -2.36. The summed E-state index contributed by atoms with van der Waals surface area (Å²) in [5.74, 6) is -1.06. The smallest absolute Gasteiger partial charge is 0.328 e. The van der Waals surface area contributed by atoms with E-state index >= 15 is 0 Å². The highest BCUT2D eigenvalue weighted by atomic mass is 16.5. The van der Waals surface area contributed by atoms with Gasteiger partial charge in [-0.15, -0.1) is 0 Å². The highest BCUT2D eigenvalue weighted by molar-refractivity contribution is 5.89. The van der Waals surface area contributed by atoms with E-state index in [9.17, 15) is 9.59 Å². The summed E-state index contributed by atoms with van der Waals surface area (Å²) in [6, 6.07) is 8.03. The Kier molecular flexibility index (Phi) is 8.80. The van der Waals surface area contributed by atoms with Crippen LogP contribution in [0.25, 0.3) is 10.9 Å². The zero-order chi connectivity index (χ0) is 22.8. The number of allylic oxidation sites excluding steroid dienone is 1. The minimum atomic E-state index is -1.26. The summed E-state index contributed by atoms with van der Waals surface area (Å²) in [5, 5.41) is 16.6. The van der Waals surface area contributed by atoms with Gasteiger partial charge in [-0.2, -0.15) is 4.98 Å². The molecule has 0 radical (unpaired) electrons. The molecule has 0 spiro atoms. The zero-order valence-corrected chi connectivity index (χ0v) is 17.8. The van der Waals surface area contributed by atoms with Crippen LogP contribution in [-0.2, 0) is 9.59 Å². The summed E-state index contributed by atoms with van der Waals surface area (Å²) in [7, 11) is 0. The van der Waals surface area contributed by atoms with E-state index in [-0.39, 0.29) is 0 Å². The Hall–Kier alpha value is -3.62. The minimum absolute atomic E-state index is 0.558. The molecule has 9 heteroatoms. The Morgan fingerprint density at radius 3 is 2.26 bits per heavy atom. The van der Waals surface area contributed by atoms with Gasteiger partial charge in [0.05, 0.1) is 17.5 Å². The van der Waals surface area contributed by atoms with Crippen molar-refractivity contribution >= 4 is 28.8 Å². The first-order valence-corrected chi connectivity index (χ1v) is 10.0. The van der Waals surface area contributed by atoms with Crippen molar-refractivity contribution in [2.75, 3.05) is 37.7 Å². The second-order valence-corrected chi connectivity index (χ2v) is 6.91. The predicted molar refractivity (Wildman–Crippen MR) is 118 cm³/mol. The molecule has 166 valence electrons. The van der Waals surface area contributed by atoms with Gasteiger partial charge in [0.1, 0.15) is 0 Å². The van der Waals surface area contributed by atoms with E-state index < -0.39 is 11.9 Å². The second-order valence-electron chi connectivity index (χ2n) is 6.91. The molecule has 3 rings (SSSR count). The maximum Gasteiger partial charge on any atom is 0.328 e. The average molecular weight is 428 g/mol. The number of benzene rings is 1. The summed E-state index contributed by atoms with van der Waals surface area (Å²) < 4.78 is 5.86. The van der Waals surface area contributed by atoms with Gasteiger partial charge in [0.25, 0.3) is 0 Å². The maximum atomic E-state index is 9.55. The number of aliphatic carboxylic acids is 2. The first-order valence-electron chi connectivity index (χ1n) is 10.0. The van der Waals surface area contributed by atoms with Gasteiger partial charge >= 0.3 is 11.9 Å². The van der Waals surface area contributed by atoms with Crippen molar-refractivity contribution in [3.63, 3.8) is 0 Å². The number of hydrogen-bond donors (Lipinski definition) is 2. The fourth-order valence-electron chi connectivity index (χ4n) is 2.92. The van der Waals surface area contributed by atoms with Gasteiger partial charge in [-0.25, -0.2) is 14.6 Å². The molecule has 2 heterocycles. The number of carboxylic acids is 2. The monoisotopic (exact) mass is 428 g/mol. The number of nitrogens with zero attached hydrogens (tertiary/aromatic N) is 4. The van der Waals surface area contributed by atoms with Crippen molar-refractivity contribution in [3.05, 3.63) is 48.7 Å². The third-order valence-corrected chi connectivity index (χ3v) is 4.47. The maximum absolute atomic E-state index is 9.55. The number of rotatable bonds is 7. The number of aromatic nitrogens is 2. The second kappa shape index (κ2) is 11.5. The van der Waals surface area contributed by atoms with Crippen molar-refractivity contribution in [2.45, 2.75) is 20.3 Å². The number of hydrogen-bond acceptors (Lipinski definition) is 7. The third-order valence-electron chi connectivity index (χ3n) is 4.47. The predicted octanol–water partition coefficient (Wildman–Crippen LogP) is 2.79. The quantitative estimate of drug-likeness (QED) is 0.642.